The molecule has 0 unspecified atom stereocenters. The van der Waals surface area contributed by atoms with E-state index in [1.807, 2.05) is 12.3 Å². The zero-order chi connectivity index (χ0) is 11.7. The molecule has 0 atom stereocenters. The van der Waals surface area contributed by atoms with Gasteiger partial charge >= 0.3 is 0 Å². The van der Waals surface area contributed by atoms with Gasteiger partial charge in [0.25, 0.3) is 5.91 Å². The molecule has 0 aliphatic heterocycles. The summed E-state index contributed by atoms with van der Waals surface area (Å²) in [6, 6.07) is 1.47. The molecule has 0 aromatic carbocycles. The van der Waals surface area contributed by atoms with Crippen LogP contribution in [0.1, 0.15) is 16.2 Å². The molecule has 2 N–H and O–H groups in total. The second-order valence-electron chi connectivity index (χ2n) is 3.09. The third kappa shape index (κ3) is 2.37. The maximum atomic E-state index is 11.7. The van der Waals surface area contributed by atoms with Gasteiger partial charge < -0.3 is 4.98 Å². The van der Waals surface area contributed by atoms with Crippen LogP contribution in [-0.4, -0.2) is 15.9 Å². The third-order valence-corrected chi connectivity index (χ3v) is 3.38. The van der Waals surface area contributed by atoms with E-state index in [0.717, 1.165) is 5.69 Å². The summed E-state index contributed by atoms with van der Waals surface area (Å²) in [5, 5.41) is 5.61. The van der Waals surface area contributed by atoms with Gasteiger partial charge in [0, 0.05) is 5.38 Å². The SMILES string of the molecule is Cc1csc(NC(=O)c2cc(Cl)c(Cl)[nH]2)n1. The highest BCUT2D eigenvalue weighted by Gasteiger charge is 2.12. The number of carbonyl (C=O) groups excluding carboxylic acids is 1. The van der Waals surface area contributed by atoms with Gasteiger partial charge in [-0.3, -0.25) is 10.1 Å². The molecule has 2 heterocycles. The van der Waals surface area contributed by atoms with Gasteiger partial charge in [0.15, 0.2) is 5.13 Å². The summed E-state index contributed by atoms with van der Waals surface area (Å²) in [4.78, 5) is 18.5. The third-order valence-electron chi connectivity index (χ3n) is 1.81. The molecule has 16 heavy (non-hydrogen) atoms. The van der Waals surface area contributed by atoms with Crippen LogP contribution in [0.3, 0.4) is 0 Å². The average Bonchev–Trinajstić information content (AvgIpc) is 2.75. The quantitative estimate of drug-likeness (QED) is 0.883. The van der Waals surface area contributed by atoms with Crippen LogP contribution >= 0.6 is 34.5 Å². The first-order chi connectivity index (χ1) is 7.56. The highest BCUT2D eigenvalue weighted by atomic mass is 35.5. The molecule has 1 amide bonds. The maximum Gasteiger partial charge on any atom is 0.273 e. The van der Waals surface area contributed by atoms with E-state index in [4.69, 9.17) is 23.2 Å². The molecular formula is C9H7Cl2N3OS. The highest BCUT2D eigenvalue weighted by Crippen LogP contribution is 2.23. The molecule has 4 nitrogen and oxygen atoms in total. The van der Waals surface area contributed by atoms with E-state index in [1.165, 1.54) is 17.4 Å². The number of amides is 1. The highest BCUT2D eigenvalue weighted by molar-refractivity contribution is 7.13. The van der Waals surface area contributed by atoms with Crippen LogP contribution in [0.4, 0.5) is 5.13 Å². The molecule has 2 aromatic heterocycles. The second-order valence-corrected chi connectivity index (χ2v) is 4.74. The predicted octanol–water partition coefficient (Wildman–Crippen LogP) is 3.34. The number of rotatable bonds is 2. The largest absolute Gasteiger partial charge is 0.340 e. The first kappa shape index (κ1) is 11.4. The zero-order valence-corrected chi connectivity index (χ0v) is 10.5. The van der Waals surface area contributed by atoms with E-state index in [-0.39, 0.29) is 11.1 Å². The van der Waals surface area contributed by atoms with E-state index in [1.54, 1.807) is 0 Å². The number of halogens is 2. The van der Waals surface area contributed by atoms with Crippen molar-refractivity contribution in [3.63, 3.8) is 0 Å². The molecule has 0 bridgehead atoms. The number of aromatic nitrogens is 2. The lowest BCUT2D eigenvalue weighted by molar-refractivity contribution is 0.102. The fourth-order valence-electron chi connectivity index (χ4n) is 1.10. The lowest BCUT2D eigenvalue weighted by atomic mass is 10.4. The molecule has 0 saturated heterocycles. The van der Waals surface area contributed by atoms with Crippen molar-refractivity contribution in [3.8, 4) is 0 Å². The molecule has 0 aliphatic carbocycles. The molecule has 0 spiro atoms. The fraction of sp³-hybridized carbons (Fsp3) is 0.111. The zero-order valence-electron chi connectivity index (χ0n) is 8.17. The Morgan fingerprint density at radius 1 is 1.56 bits per heavy atom. The van der Waals surface area contributed by atoms with Crippen molar-refractivity contribution in [3.05, 3.63) is 33.0 Å². The number of hydrogen-bond donors (Lipinski definition) is 2. The standard InChI is InChI=1S/C9H7Cl2N3OS/c1-4-3-16-9(12-4)14-8(15)6-2-5(10)7(11)13-6/h2-3,13H,1H3,(H,12,14,15). The molecule has 2 aromatic rings. The summed E-state index contributed by atoms with van der Waals surface area (Å²) in [5.74, 6) is -0.317. The second kappa shape index (κ2) is 4.45. The number of aryl methyl sites for hydroxylation is 1. The molecule has 2 rings (SSSR count). The van der Waals surface area contributed by atoms with Crippen LogP contribution in [0.2, 0.25) is 10.2 Å². The van der Waals surface area contributed by atoms with Gasteiger partial charge in [-0.15, -0.1) is 11.3 Å². The van der Waals surface area contributed by atoms with Crippen molar-refractivity contribution < 1.29 is 4.79 Å². The summed E-state index contributed by atoms with van der Waals surface area (Å²) < 4.78 is 0. The van der Waals surface area contributed by atoms with Crippen LogP contribution in [-0.2, 0) is 0 Å². The van der Waals surface area contributed by atoms with Crippen molar-refractivity contribution >= 4 is 45.6 Å². The van der Waals surface area contributed by atoms with Gasteiger partial charge in [0.1, 0.15) is 10.8 Å². The van der Waals surface area contributed by atoms with Crippen LogP contribution in [0.15, 0.2) is 11.4 Å². The fourth-order valence-corrected chi connectivity index (χ4v) is 2.10. The Balaban J connectivity index is 2.14. The number of H-pyrrole nitrogens is 1. The number of aromatic amines is 1. The molecule has 0 saturated carbocycles. The van der Waals surface area contributed by atoms with Crippen LogP contribution in [0, 0.1) is 6.92 Å². The van der Waals surface area contributed by atoms with E-state index in [9.17, 15) is 4.79 Å². The minimum Gasteiger partial charge on any atom is -0.340 e. The van der Waals surface area contributed by atoms with E-state index in [2.05, 4.69) is 15.3 Å². The number of nitrogens with zero attached hydrogens (tertiary/aromatic N) is 1. The van der Waals surface area contributed by atoms with Crippen molar-refractivity contribution in [1.82, 2.24) is 9.97 Å². The van der Waals surface area contributed by atoms with Crippen molar-refractivity contribution in [1.29, 1.82) is 0 Å². The Morgan fingerprint density at radius 2 is 2.31 bits per heavy atom. The number of carbonyl (C=O) groups is 1. The van der Waals surface area contributed by atoms with Gasteiger partial charge in [-0.1, -0.05) is 23.2 Å². The predicted molar refractivity (Wildman–Crippen MR) is 65.6 cm³/mol. The van der Waals surface area contributed by atoms with Gasteiger partial charge in [-0.2, -0.15) is 0 Å². The molecule has 0 aliphatic rings. The molecular weight excluding hydrogens is 269 g/mol. The maximum absolute atomic E-state index is 11.7. The monoisotopic (exact) mass is 275 g/mol. The Bertz CT molecular complexity index is 515. The first-order valence-electron chi connectivity index (χ1n) is 4.34. The van der Waals surface area contributed by atoms with Crippen molar-refractivity contribution in [2.75, 3.05) is 5.32 Å². The first-order valence-corrected chi connectivity index (χ1v) is 5.97. The van der Waals surface area contributed by atoms with Crippen molar-refractivity contribution in [2.45, 2.75) is 6.92 Å². The molecule has 0 fully saturated rings. The minimum absolute atomic E-state index is 0.252. The minimum atomic E-state index is -0.317. The van der Waals surface area contributed by atoms with Crippen molar-refractivity contribution in [2.24, 2.45) is 0 Å². The Kier molecular flexibility index (Phi) is 3.18. The number of hydrogen-bond acceptors (Lipinski definition) is 3. The van der Waals surface area contributed by atoms with E-state index in [0.29, 0.717) is 15.8 Å². The topological polar surface area (TPSA) is 57.8 Å². The Morgan fingerprint density at radius 3 is 2.81 bits per heavy atom. The summed E-state index contributed by atoms with van der Waals surface area (Å²) >= 11 is 12.8. The lowest BCUT2D eigenvalue weighted by Crippen LogP contribution is -2.11. The van der Waals surface area contributed by atoms with Gasteiger partial charge in [-0.25, -0.2) is 4.98 Å². The number of anilines is 1. The average molecular weight is 276 g/mol. The molecule has 84 valence electrons. The number of nitrogens with one attached hydrogen (secondary N) is 2. The van der Waals surface area contributed by atoms with Gasteiger partial charge in [-0.05, 0) is 13.0 Å². The Labute approximate surface area is 106 Å². The smallest absolute Gasteiger partial charge is 0.273 e. The van der Waals surface area contributed by atoms with Crippen LogP contribution < -0.4 is 5.32 Å². The number of thiazole rings is 1. The van der Waals surface area contributed by atoms with Crippen LogP contribution in [0.25, 0.3) is 0 Å². The van der Waals surface area contributed by atoms with Gasteiger partial charge in [0.2, 0.25) is 0 Å². The lowest BCUT2D eigenvalue weighted by Gasteiger charge is -1.97. The van der Waals surface area contributed by atoms with Gasteiger partial charge in [0.05, 0.1) is 10.7 Å². The normalized spacial score (nSPS) is 10.4. The van der Waals surface area contributed by atoms with E-state index < -0.39 is 0 Å². The summed E-state index contributed by atoms with van der Waals surface area (Å²) in [5.41, 5.74) is 1.17. The summed E-state index contributed by atoms with van der Waals surface area (Å²) in [6.45, 7) is 1.86. The molecule has 0 radical (unpaired) electrons. The Hall–Kier alpha value is -1.04. The van der Waals surface area contributed by atoms with E-state index >= 15 is 0 Å². The summed E-state index contributed by atoms with van der Waals surface area (Å²) in [6.07, 6.45) is 0. The molecule has 7 heteroatoms. The van der Waals surface area contributed by atoms with Crippen LogP contribution in [0.5, 0.6) is 0 Å². The summed E-state index contributed by atoms with van der Waals surface area (Å²) in [7, 11) is 0.